The van der Waals surface area contributed by atoms with E-state index in [0.29, 0.717) is 5.57 Å². The molecule has 0 heterocycles. The number of fused-ring (bicyclic) bond motifs is 1. The van der Waals surface area contributed by atoms with Crippen molar-refractivity contribution in [3.63, 3.8) is 0 Å². The molecule has 17 heavy (non-hydrogen) atoms. The highest BCUT2D eigenvalue weighted by Crippen LogP contribution is 2.74. The summed E-state index contributed by atoms with van der Waals surface area (Å²) in [6.45, 7) is 6.16. The highest BCUT2D eigenvalue weighted by Gasteiger charge is 2.67. The fraction of sp³-hybridized carbons (Fsp3) is 0.600. The van der Waals surface area contributed by atoms with E-state index < -0.39 is 0 Å². The first-order chi connectivity index (χ1) is 7.88. The van der Waals surface area contributed by atoms with Crippen molar-refractivity contribution < 1.29 is 9.59 Å². The highest BCUT2D eigenvalue weighted by atomic mass is 16.1. The first-order valence-corrected chi connectivity index (χ1v) is 6.38. The summed E-state index contributed by atoms with van der Waals surface area (Å²) in [5.41, 5.74) is 1.50. The van der Waals surface area contributed by atoms with Crippen LogP contribution in [0.4, 0.5) is 0 Å². The van der Waals surface area contributed by atoms with Gasteiger partial charge in [-0.05, 0) is 49.7 Å². The lowest BCUT2D eigenvalue weighted by atomic mass is 9.67. The van der Waals surface area contributed by atoms with Crippen LogP contribution in [-0.2, 0) is 9.59 Å². The van der Waals surface area contributed by atoms with Crippen molar-refractivity contribution in [2.45, 2.75) is 40.0 Å². The van der Waals surface area contributed by atoms with Gasteiger partial charge in [0, 0.05) is 16.6 Å². The van der Waals surface area contributed by atoms with E-state index in [1.165, 1.54) is 18.9 Å². The fourth-order valence-electron chi connectivity index (χ4n) is 3.83. The third kappa shape index (κ3) is 1.21. The number of carbonyl (C=O) groups is 2. The molecule has 0 aliphatic heterocycles. The lowest BCUT2D eigenvalue weighted by Gasteiger charge is -2.35. The Kier molecular flexibility index (Phi) is 1.92. The number of rotatable bonds is 1. The Bertz CT molecular complexity index is 495. The second-order valence-corrected chi connectivity index (χ2v) is 6.30. The molecule has 0 aromatic rings. The van der Waals surface area contributed by atoms with Crippen LogP contribution in [0, 0.1) is 16.7 Å². The average Bonchev–Trinajstić information content (AvgIpc) is 2.87. The minimum atomic E-state index is -0.0817. The molecule has 0 spiro atoms. The largest absolute Gasteiger partial charge is 0.290 e. The Morgan fingerprint density at radius 1 is 1.18 bits per heavy atom. The Balaban J connectivity index is 2.03. The maximum atomic E-state index is 12.2. The normalized spacial score (nSPS) is 44.3. The summed E-state index contributed by atoms with van der Waals surface area (Å²) >= 11 is 0. The molecule has 0 radical (unpaired) electrons. The minimum Gasteiger partial charge on any atom is -0.290 e. The van der Waals surface area contributed by atoms with E-state index in [4.69, 9.17) is 0 Å². The standard InChI is InChI=1S/C15H18O2/c1-9-6-13(17)11(7-12(9)16)14(2)5-4-10-8-15(10,14)3/h6-7,10H,4-5,8H2,1-3H3/t10-,14+,15+/m1/s1. The number of hydrogen-bond acceptors (Lipinski definition) is 2. The van der Waals surface area contributed by atoms with E-state index in [0.717, 1.165) is 17.9 Å². The zero-order chi connectivity index (χ0) is 12.4. The molecule has 3 aliphatic rings. The van der Waals surface area contributed by atoms with Crippen LogP contribution in [0.15, 0.2) is 23.3 Å². The zero-order valence-corrected chi connectivity index (χ0v) is 10.7. The van der Waals surface area contributed by atoms with Crippen molar-refractivity contribution in [1.29, 1.82) is 0 Å². The predicted molar refractivity (Wildman–Crippen MR) is 65.4 cm³/mol. The Morgan fingerprint density at radius 3 is 2.41 bits per heavy atom. The lowest BCUT2D eigenvalue weighted by molar-refractivity contribution is -0.116. The molecule has 3 atom stereocenters. The van der Waals surface area contributed by atoms with Gasteiger partial charge in [0.2, 0.25) is 0 Å². The topological polar surface area (TPSA) is 34.1 Å². The molecule has 2 nitrogen and oxygen atoms in total. The maximum Gasteiger partial charge on any atom is 0.182 e. The first-order valence-electron chi connectivity index (χ1n) is 6.38. The van der Waals surface area contributed by atoms with Gasteiger partial charge in [-0.15, -0.1) is 0 Å². The van der Waals surface area contributed by atoms with Crippen LogP contribution in [0.5, 0.6) is 0 Å². The summed E-state index contributed by atoms with van der Waals surface area (Å²) in [5, 5.41) is 0. The van der Waals surface area contributed by atoms with Crippen LogP contribution >= 0.6 is 0 Å². The molecule has 0 aromatic carbocycles. The summed E-state index contributed by atoms with van der Waals surface area (Å²) in [6.07, 6.45) is 6.58. The van der Waals surface area contributed by atoms with E-state index in [1.807, 2.05) is 0 Å². The summed E-state index contributed by atoms with van der Waals surface area (Å²) in [4.78, 5) is 23.9. The van der Waals surface area contributed by atoms with Gasteiger partial charge in [0.15, 0.2) is 11.6 Å². The van der Waals surface area contributed by atoms with Gasteiger partial charge in [-0.25, -0.2) is 0 Å². The van der Waals surface area contributed by atoms with Crippen LogP contribution in [0.2, 0.25) is 0 Å². The SMILES string of the molecule is CC1=CC(=O)C([C@]2(C)CC[C@@H]3C[C@@]32C)=CC1=O. The van der Waals surface area contributed by atoms with Crippen molar-refractivity contribution in [2.24, 2.45) is 16.7 Å². The fourth-order valence-corrected chi connectivity index (χ4v) is 3.83. The average molecular weight is 230 g/mol. The number of hydrogen-bond donors (Lipinski definition) is 0. The van der Waals surface area contributed by atoms with Crippen molar-refractivity contribution >= 4 is 11.6 Å². The zero-order valence-electron chi connectivity index (χ0n) is 10.7. The smallest absolute Gasteiger partial charge is 0.182 e. The van der Waals surface area contributed by atoms with Gasteiger partial charge in [-0.2, -0.15) is 0 Å². The summed E-state index contributed by atoms with van der Waals surface area (Å²) < 4.78 is 0. The molecular weight excluding hydrogens is 212 g/mol. The van der Waals surface area contributed by atoms with Crippen LogP contribution in [0.3, 0.4) is 0 Å². The molecule has 2 saturated carbocycles. The van der Waals surface area contributed by atoms with E-state index in [9.17, 15) is 9.59 Å². The molecule has 0 amide bonds. The molecule has 0 N–H and O–H groups in total. The van der Waals surface area contributed by atoms with Crippen LogP contribution in [0.1, 0.15) is 40.0 Å². The first kappa shape index (κ1) is 10.9. The molecule has 0 aromatic heterocycles. The Hall–Kier alpha value is -1.18. The summed E-state index contributed by atoms with van der Waals surface area (Å²) in [7, 11) is 0. The quantitative estimate of drug-likeness (QED) is 0.649. The van der Waals surface area contributed by atoms with Gasteiger partial charge in [0.1, 0.15) is 0 Å². The molecule has 0 bridgehead atoms. The van der Waals surface area contributed by atoms with Gasteiger partial charge in [0.05, 0.1) is 0 Å². The van der Waals surface area contributed by atoms with Crippen molar-refractivity contribution in [3.8, 4) is 0 Å². The van der Waals surface area contributed by atoms with E-state index in [1.54, 1.807) is 13.0 Å². The van der Waals surface area contributed by atoms with Crippen LogP contribution in [-0.4, -0.2) is 11.6 Å². The van der Waals surface area contributed by atoms with E-state index >= 15 is 0 Å². The molecule has 3 rings (SSSR count). The third-order valence-electron chi connectivity index (χ3n) is 5.54. The van der Waals surface area contributed by atoms with Crippen molar-refractivity contribution in [1.82, 2.24) is 0 Å². The molecule has 2 fully saturated rings. The Morgan fingerprint density at radius 2 is 1.88 bits per heavy atom. The Labute approximate surface area is 102 Å². The van der Waals surface area contributed by atoms with Gasteiger partial charge < -0.3 is 0 Å². The number of carbonyl (C=O) groups excluding carboxylic acids is 2. The third-order valence-corrected chi connectivity index (χ3v) is 5.54. The predicted octanol–water partition coefficient (Wildman–Crippen LogP) is 2.84. The summed E-state index contributed by atoms with van der Waals surface area (Å²) in [6, 6.07) is 0. The molecule has 0 saturated heterocycles. The maximum absolute atomic E-state index is 12.2. The van der Waals surface area contributed by atoms with E-state index in [2.05, 4.69) is 13.8 Å². The lowest BCUT2D eigenvalue weighted by Crippen LogP contribution is -2.32. The van der Waals surface area contributed by atoms with Gasteiger partial charge >= 0.3 is 0 Å². The van der Waals surface area contributed by atoms with Crippen LogP contribution < -0.4 is 0 Å². The second-order valence-electron chi connectivity index (χ2n) is 6.30. The number of ketones is 2. The molecule has 0 unspecified atom stereocenters. The molecule has 2 heteroatoms. The summed E-state index contributed by atoms with van der Waals surface area (Å²) in [5.74, 6) is 0.829. The number of allylic oxidation sites excluding steroid dienone is 4. The van der Waals surface area contributed by atoms with Crippen LogP contribution in [0.25, 0.3) is 0 Å². The molecule has 90 valence electrons. The second kappa shape index (κ2) is 2.98. The van der Waals surface area contributed by atoms with E-state index in [-0.39, 0.29) is 22.4 Å². The molecule has 3 aliphatic carbocycles. The van der Waals surface area contributed by atoms with Gasteiger partial charge in [-0.3, -0.25) is 9.59 Å². The minimum absolute atomic E-state index is 0.00789. The molecular formula is C15H18O2. The van der Waals surface area contributed by atoms with Crippen molar-refractivity contribution in [3.05, 3.63) is 23.3 Å². The monoisotopic (exact) mass is 230 g/mol. The van der Waals surface area contributed by atoms with Gasteiger partial charge in [-0.1, -0.05) is 13.8 Å². The highest BCUT2D eigenvalue weighted by molar-refractivity contribution is 6.20. The van der Waals surface area contributed by atoms with Crippen molar-refractivity contribution in [2.75, 3.05) is 0 Å². The van der Waals surface area contributed by atoms with Gasteiger partial charge in [0.25, 0.3) is 0 Å².